The Morgan fingerprint density at radius 3 is 1.71 bits per heavy atom. The van der Waals surface area contributed by atoms with E-state index in [1.165, 1.54) is 0 Å². The Labute approximate surface area is 183 Å². The Hall–Kier alpha value is -3.23. The molecule has 4 rings (SSSR count). The lowest BCUT2D eigenvalue weighted by Gasteiger charge is -2.25. The average Bonchev–Trinajstić information content (AvgIpc) is 2.79. The molecule has 31 heavy (non-hydrogen) atoms. The van der Waals surface area contributed by atoms with E-state index in [0.29, 0.717) is 11.5 Å². The summed E-state index contributed by atoms with van der Waals surface area (Å²) in [6.07, 6.45) is 0. The van der Waals surface area contributed by atoms with E-state index in [0.717, 1.165) is 37.8 Å². The summed E-state index contributed by atoms with van der Waals surface area (Å²) in [5, 5.41) is 26.9. The van der Waals surface area contributed by atoms with Crippen LogP contribution in [-0.2, 0) is 0 Å². The fourth-order valence-electron chi connectivity index (χ4n) is 3.83. The van der Waals surface area contributed by atoms with Gasteiger partial charge >= 0.3 is 0 Å². The molecule has 0 aliphatic heterocycles. The average molecular weight is 432 g/mol. The summed E-state index contributed by atoms with van der Waals surface area (Å²) in [5.41, 5.74) is 1.45. The zero-order chi connectivity index (χ0) is 22.1. The van der Waals surface area contributed by atoms with Crippen molar-refractivity contribution in [3.8, 4) is 23.0 Å². The molecule has 0 heterocycles. The Bertz CT molecular complexity index is 1200. The first-order chi connectivity index (χ1) is 14.9. The van der Waals surface area contributed by atoms with E-state index in [1.807, 2.05) is 56.3 Å². The maximum absolute atomic E-state index is 11.1. The smallest absolute Gasteiger partial charge is 0.127 e. The molecule has 0 bridgehead atoms. The minimum atomic E-state index is -1.32. The first-order valence-corrected chi connectivity index (χ1v) is 11.3. The maximum Gasteiger partial charge on any atom is 0.127 e. The molecule has 0 amide bonds. The molecular weight excluding hydrogens is 407 g/mol. The molecule has 0 aromatic heterocycles. The van der Waals surface area contributed by atoms with Crippen LogP contribution in [0.25, 0.3) is 10.8 Å². The number of phenolic OH excluding ortho intramolecular Hbond substituents is 2. The van der Waals surface area contributed by atoms with Gasteiger partial charge in [-0.3, -0.25) is 0 Å². The zero-order valence-electron chi connectivity index (χ0n) is 18.0. The van der Waals surface area contributed by atoms with Crippen LogP contribution in [0.5, 0.6) is 23.0 Å². The molecule has 158 valence electrons. The van der Waals surface area contributed by atoms with Crippen molar-refractivity contribution in [1.29, 1.82) is 0 Å². The highest BCUT2D eigenvalue weighted by molar-refractivity contribution is 7.80. The third-order valence-corrected chi connectivity index (χ3v) is 7.99. The van der Waals surface area contributed by atoms with E-state index in [9.17, 15) is 10.2 Å². The topological polar surface area (TPSA) is 58.9 Å². The molecule has 0 radical (unpaired) electrons. The lowest BCUT2D eigenvalue weighted by molar-refractivity contribution is 0.412. The minimum absolute atomic E-state index is 0.208. The van der Waals surface area contributed by atoms with Crippen LogP contribution in [-0.4, -0.2) is 24.4 Å². The van der Waals surface area contributed by atoms with Gasteiger partial charge in [-0.1, -0.05) is 42.5 Å². The van der Waals surface area contributed by atoms with Crippen molar-refractivity contribution >= 4 is 34.6 Å². The van der Waals surface area contributed by atoms with Crippen molar-refractivity contribution in [2.75, 3.05) is 14.2 Å². The van der Waals surface area contributed by atoms with Gasteiger partial charge in [-0.25, -0.2) is 0 Å². The fourth-order valence-corrected chi connectivity index (χ4v) is 6.57. The molecule has 2 N–H and O–H groups in total. The SMILES string of the molecule is COc1cc(C)c(O)c(P(c2cc(OC)cc(C)c2O)c2cccc3ccccc23)c1. The predicted molar refractivity (Wildman–Crippen MR) is 129 cm³/mol. The van der Waals surface area contributed by atoms with E-state index in [1.54, 1.807) is 14.2 Å². The molecule has 4 aromatic rings. The lowest BCUT2D eigenvalue weighted by atomic mass is 10.1. The van der Waals surface area contributed by atoms with Gasteiger partial charge in [-0.2, -0.15) is 0 Å². The van der Waals surface area contributed by atoms with Gasteiger partial charge < -0.3 is 19.7 Å². The van der Waals surface area contributed by atoms with E-state index in [4.69, 9.17) is 9.47 Å². The first kappa shape index (κ1) is 21.0. The summed E-state index contributed by atoms with van der Waals surface area (Å²) < 4.78 is 11.0. The van der Waals surface area contributed by atoms with E-state index in [-0.39, 0.29) is 11.5 Å². The second kappa shape index (κ2) is 8.49. The maximum atomic E-state index is 11.1. The van der Waals surface area contributed by atoms with Crippen LogP contribution < -0.4 is 25.4 Å². The van der Waals surface area contributed by atoms with Crippen LogP contribution in [0.1, 0.15) is 11.1 Å². The third-order valence-electron chi connectivity index (χ3n) is 5.47. The van der Waals surface area contributed by atoms with Crippen LogP contribution in [0.2, 0.25) is 0 Å². The predicted octanol–water partition coefficient (Wildman–Crippen LogP) is 4.64. The number of ether oxygens (including phenoxy) is 2. The van der Waals surface area contributed by atoms with Crippen LogP contribution >= 0.6 is 7.92 Å². The number of benzene rings is 4. The molecule has 0 saturated heterocycles. The monoisotopic (exact) mass is 432 g/mol. The first-order valence-electron chi connectivity index (χ1n) is 9.97. The summed E-state index contributed by atoms with van der Waals surface area (Å²) in [6.45, 7) is 3.71. The van der Waals surface area contributed by atoms with E-state index < -0.39 is 7.92 Å². The number of hydrogen-bond acceptors (Lipinski definition) is 4. The van der Waals surface area contributed by atoms with Gasteiger partial charge in [-0.05, 0) is 73.2 Å². The van der Waals surface area contributed by atoms with Gasteiger partial charge in [0.05, 0.1) is 14.2 Å². The highest BCUT2D eigenvalue weighted by atomic mass is 31.1. The highest BCUT2D eigenvalue weighted by Gasteiger charge is 2.27. The number of aryl methyl sites for hydroxylation is 2. The number of aromatic hydroxyl groups is 2. The quantitative estimate of drug-likeness (QED) is 0.451. The highest BCUT2D eigenvalue weighted by Crippen LogP contribution is 2.44. The fraction of sp³-hybridized carbons (Fsp3) is 0.154. The van der Waals surface area contributed by atoms with Crippen molar-refractivity contribution in [3.63, 3.8) is 0 Å². The molecule has 4 aromatic carbocycles. The van der Waals surface area contributed by atoms with Gasteiger partial charge in [0.2, 0.25) is 0 Å². The van der Waals surface area contributed by atoms with Crippen molar-refractivity contribution in [1.82, 2.24) is 0 Å². The molecule has 0 aliphatic rings. The Balaban J connectivity index is 2.11. The number of hydrogen-bond donors (Lipinski definition) is 2. The van der Waals surface area contributed by atoms with Crippen molar-refractivity contribution in [2.45, 2.75) is 13.8 Å². The van der Waals surface area contributed by atoms with Gasteiger partial charge in [0.25, 0.3) is 0 Å². The number of phenols is 2. The Morgan fingerprint density at radius 1 is 0.645 bits per heavy atom. The van der Waals surface area contributed by atoms with Gasteiger partial charge in [0, 0.05) is 10.6 Å². The zero-order valence-corrected chi connectivity index (χ0v) is 18.9. The van der Waals surface area contributed by atoms with E-state index in [2.05, 4.69) is 24.3 Å². The van der Waals surface area contributed by atoms with Gasteiger partial charge in [0.1, 0.15) is 23.0 Å². The van der Waals surface area contributed by atoms with Crippen molar-refractivity contribution in [2.24, 2.45) is 0 Å². The summed E-state index contributed by atoms with van der Waals surface area (Å²) >= 11 is 0. The van der Waals surface area contributed by atoms with Crippen molar-refractivity contribution in [3.05, 3.63) is 77.9 Å². The van der Waals surface area contributed by atoms with Crippen molar-refractivity contribution < 1.29 is 19.7 Å². The standard InChI is InChI=1S/C26H25O4P/c1-16-12-19(29-3)14-23(25(16)27)31(24-15-20(30-4)13-17(2)26(24)28)22-11-7-9-18-8-5-6-10-21(18)22/h5-15,27-28H,1-4H3. The third kappa shape index (κ3) is 3.80. The van der Waals surface area contributed by atoms with E-state index >= 15 is 0 Å². The van der Waals surface area contributed by atoms with Crippen LogP contribution in [0.3, 0.4) is 0 Å². The molecular formula is C26H25O4P. The molecule has 0 spiro atoms. The molecule has 5 heteroatoms. The number of methoxy groups -OCH3 is 2. The Kier molecular flexibility index (Phi) is 5.75. The second-order valence-corrected chi connectivity index (χ2v) is 9.57. The summed E-state index contributed by atoms with van der Waals surface area (Å²) in [4.78, 5) is 0. The number of fused-ring (bicyclic) bond motifs is 1. The van der Waals surface area contributed by atoms with Crippen LogP contribution in [0, 0.1) is 13.8 Å². The van der Waals surface area contributed by atoms with Gasteiger partial charge in [0.15, 0.2) is 0 Å². The van der Waals surface area contributed by atoms with Crippen LogP contribution in [0.15, 0.2) is 66.7 Å². The molecule has 0 fully saturated rings. The summed E-state index contributed by atoms with van der Waals surface area (Å²) in [5.74, 6) is 1.74. The minimum Gasteiger partial charge on any atom is -0.507 e. The molecule has 0 atom stereocenters. The normalized spacial score (nSPS) is 11.1. The molecule has 0 saturated carbocycles. The van der Waals surface area contributed by atoms with Crippen LogP contribution in [0.4, 0.5) is 0 Å². The molecule has 0 unspecified atom stereocenters. The second-order valence-electron chi connectivity index (χ2n) is 7.46. The summed E-state index contributed by atoms with van der Waals surface area (Å²) in [7, 11) is 1.90. The van der Waals surface area contributed by atoms with Gasteiger partial charge in [-0.15, -0.1) is 0 Å². The molecule has 4 nitrogen and oxygen atoms in total. The Morgan fingerprint density at radius 2 is 1.16 bits per heavy atom. The number of rotatable bonds is 5. The largest absolute Gasteiger partial charge is 0.507 e. The lowest BCUT2D eigenvalue weighted by Crippen LogP contribution is -2.23. The summed E-state index contributed by atoms with van der Waals surface area (Å²) in [6, 6.07) is 21.7. The molecule has 0 aliphatic carbocycles.